The maximum atomic E-state index is 11.2. The molecule has 124 valence electrons. The monoisotopic (exact) mass is 322 g/mol. The highest BCUT2D eigenvalue weighted by atomic mass is 32.2. The summed E-state index contributed by atoms with van der Waals surface area (Å²) < 4.78 is 4.92. The first kappa shape index (κ1) is 19.1. The molecule has 0 aliphatic carbocycles. The fourth-order valence-electron chi connectivity index (χ4n) is 2.37. The lowest BCUT2D eigenvalue weighted by Crippen LogP contribution is -2.03. The summed E-state index contributed by atoms with van der Waals surface area (Å²) in [5.41, 5.74) is 0. The van der Waals surface area contributed by atoms with Crippen molar-refractivity contribution in [2.75, 3.05) is 12.4 Å². The first-order chi connectivity index (χ1) is 10.8. The van der Waals surface area contributed by atoms with Crippen LogP contribution in [-0.4, -0.2) is 18.3 Å². The molecule has 22 heavy (non-hydrogen) atoms. The minimum atomic E-state index is -0.0431. The Morgan fingerprint density at radius 3 is 2.14 bits per heavy atom. The number of carbonyl (C=O) groups excluding carboxylic acids is 1. The highest BCUT2D eigenvalue weighted by molar-refractivity contribution is 7.99. The Balaban J connectivity index is 1.79. The van der Waals surface area contributed by atoms with Crippen LogP contribution < -0.4 is 0 Å². The van der Waals surface area contributed by atoms with Crippen molar-refractivity contribution in [2.45, 2.75) is 69.6 Å². The molecule has 0 amide bonds. The summed E-state index contributed by atoms with van der Waals surface area (Å²) in [6.45, 7) is 2.36. The van der Waals surface area contributed by atoms with Gasteiger partial charge in [0.05, 0.1) is 6.61 Å². The maximum absolute atomic E-state index is 11.2. The molecule has 0 saturated heterocycles. The van der Waals surface area contributed by atoms with Gasteiger partial charge in [-0.2, -0.15) is 0 Å². The van der Waals surface area contributed by atoms with E-state index in [-0.39, 0.29) is 5.97 Å². The molecule has 0 heterocycles. The molecule has 0 radical (unpaired) electrons. The highest BCUT2D eigenvalue weighted by Gasteiger charge is 2.00. The zero-order valence-electron chi connectivity index (χ0n) is 13.9. The van der Waals surface area contributed by atoms with Gasteiger partial charge >= 0.3 is 5.97 Å². The number of carbonyl (C=O) groups is 1. The van der Waals surface area contributed by atoms with Crippen LogP contribution in [0.25, 0.3) is 0 Å². The molecular formula is C19H30O2S. The van der Waals surface area contributed by atoms with Crippen LogP contribution in [0.2, 0.25) is 0 Å². The van der Waals surface area contributed by atoms with Crippen molar-refractivity contribution in [1.29, 1.82) is 0 Å². The molecule has 0 saturated carbocycles. The minimum Gasteiger partial charge on any atom is -0.466 e. The van der Waals surface area contributed by atoms with Gasteiger partial charge in [0, 0.05) is 11.3 Å². The molecule has 2 nitrogen and oxygen atoms in total. The molecule has 0 bridgehead atoms. The SMILES string of the molecule is CCOC(=O)CCCCCCCCCCSc1ccccc1. The third-order valence-electron chi connectivity index (χ3n) is 3.59. The minimum absolute atomic E-state index is 0.0431. The molecule has 0 aliphatic heterocycles. The third kappa shape index (κ3) is 10.7. The lowest BCUT2D eigenvalue weighted by molar-refractivity contribution is -0.143. The highest BCUT2D eigenvalue weighted by Crippen LogP contribution is 2.19. The number of hydrogen-bond donors (Lipinski definition) is 0. The predicted octanol–water partition coefficient (Wildman–Crippen LogP) is 5.85. The summed E-state index contributed by atoms with van der Waals surface area (Å²) in [6, 6.07) is 10.6. The van der Waals surface area contributed by atoms with Crippen molar-refractivity contribution in [3.8, 4) is 0 Å². The molecule has 0 fully saturated rings. The van der Waals surface area contributed by atoms with E-state index < -0.39 is 0 Å². The lowest BCUT2D eigenvalue weighted by Gasteiger charge is -2.03. The maximum Gasteiger partial charge on any atom is 0.305 e. The quantitative estimate of drug-likeness (QED) is 0.259. The van der Waals surface area contributed by atoms with Crippen molar-refractivity contribution in [3.63, 3.8) is 0 Å². The number of rotatable bonds is 13. The molecular weight excluding hydrogens is 292 g/mol. The number of thioether (sulfide) groups is 1. The number of hydrogen-bond acceptors (Lipinski definition) is 3. The van der Waals surface area contributed by atoms with Crippen molar-refractivity contribution in [2.24, 2.45) is 0 Å². The molecule has 0 N–H and O–H groups in total. The normalized spacial score (nSPS) is 10.6. The van der Waals surface area contributed by atoms with E-state index in [0.29, 0.717) is 13.0 Å². The van der Waals surface area contributed by atoms with Crippen LogP contribution in [-0.2, 0) is 9.53 Å². The summed E-state index contributed by atoms with van der Waals surface area (Å²) >= 11 is 1.96. The fraction of sp³-hybridized carbons (Fsp3) is 0.632. The second-order valence-corrected chi connectivity index (χ2v) is 6.71. The molecule has 0 aromatic heterocycles. The number of esters is 1. The van der Waals surface area contributed by atoms with Gasteiger partial charge in [0.2, 0.25) is 0 Å². The van der Waals surface area contributed by atoms with Gasteiger partial charge in [0.25, 0.3) is 0 Å². The smallest absolute Gasteiger partial charge is 0.305 e. The third-order valence-corrected chi connectivity index (χ3v) is 4.69. The fourth-order valence-corrected chi connectivity index (χ4v) is 3.31. The first-order valence-electron chi connectivity index (χ1n) is 8.66. The van der Waals surface area contributed by atoms with E-state index in [2.05, 4.69) is 30.3 Å². The van der Waals surface area contributed by atoms with Crippen molar-refractivity contribution in [1.82, 2.24) is 0 Å². The van der Waals surface area contributed by atoms with Crippen LogP contribution in [0, 0.1) is 0 Å². The van der Waals surface area contributed by atoms with Gasteiger partial charge in [0.15, 0.2) is 0 Å². The van der Waals surface area contributed by atoms with Crippen molar-refractivity contribution >= 4 is 17.7 Å². The number of benzene rings is 1. The van der Waals surface area contributed by atoms with Crippen LogP contribution in [0.1, 0.15) is 64.7 Å². The molecule has 1 aromatic rings. The Hall–Kier alpha value is -0.960. The molecule has 3 heteroatoms. The summed E-state index contributed by atoms with van der Waals surface area (Å²) in [4.78, 5) is 12.5. The molecule has 1 rings (SSSR count). The summed E-state index contributed by atoms with van der Waals surface area (Å²) in [7, 11) is 0. The first-order valence-corrected chi connectivity index (χ1v) is 9.65. The molecule has 0 spiro atoms. The van der Waals surface area contributed by atoms with Gasteiger partial charge < -0.3 is 4.74 Å². The van der Waals surface area contributed by atoms with Gasteiger partial charge in [-0.25, -0.2) is 0 Å². The van der Waals surface area contributed by atoms with Crippen LogP contribution in [0.15, 0.2) is 35.2 Å². The zero-order chi connectivity index (χ0) is 15.9. The topological polar surface area (TPSA) is 26.3 Å². The van der Waals surface area contributed by atoms with Crippen molar-refractivity contribution < 1.29 is 9.53 Å². The van der Waals surface area contributed by atoms with E-state index >= 15 is 0 Å². The van der Waals surface area contributed by atoms with E-state index in [1.54, 1.807) is 0 Å². The average molecular weight is 323 g/mol. The van der Waals surface area contributed by atoms with E-state index in [1.165, 1.54) is 49.2 Å². The van der Waals surface area contributed by atoms with Gasteiger partial charge in [-0.15, -0.1) is 11.8 Å². The van der Waals surface area contributed by atoms with Crippen LogP contribution >= 0.6 is 11.8 Å². The second-order valence-electron chi connectivity index (χ2n) is 5.54. The van der Waals surface area contributed by atoms with Gasteiger partial charge in [0.1, 0.15) is 0 Å². The Morgan fingerprint density at radius 1 is 0.909 bits per heavy atom. The zero-order valence-corrected chi connectivity index (χ0v) is 14.7. The van der Waals surface area contributed by atoms with Crippen LogP contribution in [0.3, 0.4) is 0 Å². The van der Waals surface area contributed by atoms with Gasteiger partial charge in [-0.1, -0.05) is 56.7 Å². The van der Waals surface area contributed by atoms with E-state index in [9.17, 15) is 4.79 Å². The average Bonchev–Trinajstić information content (AvgIpc) is 2.54. The number of ether oxygens (including phenoxy) is 1. The summed E-state index contributed by atoms with van der Waals surface area (Å²) in [5, 5.41) is 0. The molecule has 1 aromatic carbocycles. The second kappa shape index (κ2) is 13.7. The molecule has 0 atom stereocenters. The van der Waals surface area contributed by atoms with E-state index in [4.69, 9.17) is 4.74 Å². The van der Waals surface area contributed by atoms with E-state index in [1.807, 2.05) is 18.7 Å². The summed E-state index contributed by atoms with van der Waals surface area (Å²) in [6.07, 6.45) is 10.6. The standard InChI is InChI=1S/C19H30O2S/c1-2-21-19(20)16-12-7-5-3-4-6-8-13-17-22-18-14-10-9-11-15-18/h9-11,14-15H,2-8,12-13,16-17H2,1H3. The molecule has 0 unspecified atom stereocenters. The van der Waals surface area contributed by atoms with Gasteiger partial charge in [-0.3, -0.25) is 4.79 Å². The van der Waals surface area contributed by atoms with E-state index in [0.717, 1.165) is 12.8 Å². The van der Waals surface area contributed by atoms with Crippen molar-refractivity contribution in [3.05, 3.63) is 30.3 Å². The Kier molecular flexibility index (Phi) is 11.9. The Morgan fingerprint density at radius 2 is 1.50 bits per heavy atom. The van der Waals surface area contributed by atoms with Crippen LogP contribution in [0.4, 0.5) is 0 Å². The number of unbranched alkanes of at least 4 members (excludes halogenated alkanes) is 7. The Bertz CT molecular complexity index is 378. The predicted molar refractivity (Wildman–Crippen MR) is 95.4 cm³/mol. The largest absolute Gasteiger partial charge is 0.466 e. The Labute approximate surface area is 140 Å². The van der Waals surface area contributed by atoms with Gasteiger partial charge in [-0.05, 0) is 37.7 Å². The van der Waals surface area contributed by atoms with Crippen LogP contribution in [0.5, 0.6) is 0 Å². The lowest BCUT2D eigenvalue weighted by atomic mass is 10.1. The molecule has 0 aliphatic rings. The summed E-state index contributed by atoms with van der Waals surface area (Å²) in [5.74, 6) is 1.18.